The second kappa shape index (κ2) is 4.77. The zero-order chi connectivity index (χ0) is 7.23. The van der Waals surface area contributed by atoms with E-state index in [-0.39, 0.29) is 15.0 Å². The number of hydrogen-bond acceptors (Lipinski definition) is 1. The first kappa shape index (κ1) is 8.11. The molecule has 0 saturated heterocycles. The van der Waals surface area contributed by atoms with E-state index >= 15 is 0 Å². The minimum absolute atomic E-state index is 0.280. The fourth-order valence-corrected chi connectivity index (χ4v) is 2.86. The normalized spacial score (nSPS) is 20.3. The Hall–Kier alpha value is 0.00948. The van der Waals surface area contributed by atoms with E-state index in [1.54, 1.807) is 0 Å². The topological polar surface area (TPSA) is 23.8 Å². The van der Waals surface area contributed by atoms with E-state index in [2.05, 4.69) is 4.97 Å². The van der Waals surface area contributed by atoms with Crippen LogP contribution in [0.5, 0.6) is 0 Å². The van der Waals surface area contributed by atoms with Gasteiger partial charge in [0.2, 0.25) is 0 Å². The molecule has 0 radical (unpaired) electrons. The Kier molecular flexibility index (Phi) is 3.87. The minimum atomic E-state index is 0.280. The number of hydrogen-bond donors (Lipinski definition) is 0. The van der Waals surface area contributed by atoms with Gasteiger partial charge in [-0.15, -0.1) is 0 Å². The van der Waals surface area contributed by atoms with Gasteiger partial charge in [-0.3, -0.25) is 0 Å². The second-order valence-corrected chi connectivity index (χ2v) is 4.59. The first-order chi connectivity index (χ1) is 4.93. The molecule has 0 bridgehead atoms. The molecule has 1 rings (SSSR count). The fraction of sp³-hybridized carbons (Fsp3) is 0.875. The molecule has 0 aliphatic heterocycles. The van der Waals surface area contributed by atoms with Crippen molar-refractivity contribution in [2.75, 3.05) is 0 Å². The van der Waals surface area contributed by atoms with Gasteiger partial charge in [0, 0.05) is 0 Å². The van der Waals surface area contributed by atoms with Gasteiger partial charge in [0.05, 0.1) is 0 Å². The van der Waals surface area contributed by atoms with Gasteiger partial charge < -0.3 is 0 Å². The first-order valence-electron chi connectivity index (χ1n) is 3.94. The molecule has 0 amide bonds. The average Bonchev–Trinajstić information content (AvgIpc) is 2.03. The zero-order valence-corrected chi connectivity index (χ0v) is 7.89. The Labute approximate surface area is 69.0 Å². The van der Waals surface area contributed by atoms with E-state index in [0.29, 0.717) is 0 Å². The zero-order valence-electron chi connectivity index (χ0n) is 6.18. The summed E-state index contributed by atoms with van der Waals surface area (Å²) < 4.78 is 0. The van der Waals surface area contributed by atoms with Crippen LogP contribution >= 0.6 is 0 Å². The Morgan fingerprint density at radius 3 is 2.60 bits per heavy atom. The summed E-state index contributed by atoms with van der Waals surface area (Å²) in [5.41, 5.74) is 0. The van der Waals surface area contributed by atoms with E-state index in [0.717, 1.165) is 5.92 Å². The Morgan fingerprint density at radius 2 is 2.00 bits per heavy atom. The van der Waals surface area contributed by atoms with Gasteiger partial charge in [0.1, 0.15) is 0 Å². The van der Waals surface area contributed by atoms with Crippen LogP contribution in [0.25, 0.3) is 0 Å². The first-order valence-corrected chi connectivity index (χ1v) is 6.01. The molecule has 1 aliphatic carbocycles. The Bertz CT molecular complexity index is 122. The standard InChI is InChI=1S/C8H13NSe/c9-7-10-6-8-4-2-1-3-5-8/h8H,1-6H2. The fourth-order valence-electron chi connectivity index (χ4n) is 1.51. The van der Waals surface area contributed by atoms with Gasteiger partial charge >= 0.3 is 68.5 Å². The van der Waals surface area contributed by atoms with Crippen LogP contribution in [0.15, 0.2) is 0 Å². The molecule has 0 N–H and O–H groups in total. The number of rotatable bonds is 2. The number of nitriles is 1. The van der Waals surface area contributed by atoms with Crippen LogP contribution < -0.4 is 0 Å². The third-order valence-corrected chi connectivity index (χ3v) is 3.72. The van der Waals surface area contributed by atoms with Gasteiger partial charge in [-0.2, -0.15) is 0 Å². The van der Waals surface area contributed by atoms with E-state index < -0.39 is 0 Å². The van der Waals surface area contributed by atoms with Crippen LogP contribution in [-0.2, 0) is 0 Å². The van der Waals surface area contributed by atoms with Crippen molar-refractivity contribution in [2.24, 2.45) is 5.92 Å². The molecular weight excluding hydrogens is 189 g/mol. The Balaban J connectivity index is 2.09. The quantitative estimate of drug-likeness (QED) is 0.629. The monoisotopic (exact) mass is 203 g/mol. The van der Waals surface area contributed by atoms with Crippen molar-refractivity contribution in [3.63, 3.8) is 0 Å². The molecule has 1 saturated carbocycles. The molecule has 1 fully saturated rings. The van der Waals surface area contributed by atoms with Crippen molar-refractivity contribution < 1.29 is 0 Å². The summed E-state index contributed by atoms with van der Waals surface area (Å²) >= 11 is 0.280. The van der Waals surface area contributed by atoms with Gasteiger partial charge in [-0.25, -0.2) is 0 Å². The van der Waals surface area contributed by atoms with Crippen LogP contribution in [0.3, 0.4) is 0 Å². The van der Waals surface area contributed by atoms with E-state index in [4.69, 9.17) is 5.26 Å². The molecule has 0 heterocycles. The van der Waals surface area contributed by atoms with Gasteiger partial charge in [-0.05, 0) is 0 Å². The summed E-state index contributed by atoms with van der Waals surface area (Å²) in [6.07, 6.45) is 7.03. The van der Waals surface area contributed by atoms with Crippen LogP contribution in [0.4, 0.5) is 0 Å². The molecule has 0 unspecified atom stereocenters. The Morgan fingerprint density at radius 1 is 1.30 bits per heavy atom. The van der Waals surface area contributed by atoms with Crippen molar-refractivity contribution in [3.05, 3.63) is 0 Å². The summed E-state index contributed by atoms with van der Waals surface area (Å²) in [5.74, 6) is 0.911. The van der Waals surface area contributed by atoms with Gasteiger partial charge in [0.15, 0.2) is 0 Å². The predicted octanol–water partition coefficient (Wildman–Crippen LogP) is 2.17. The molecule has 1 aliphatic rings. The average molecular weight is 202 g/mol. The molecule has 2 heteroatoms. The van der Waals surface area contributed by atoms with Crippen molar-refractivity contribution in [2.45, 2.75) is 37.4 Å². The third kappa shape index (κ3) is 2.73. The number of nitrogens with zero attached hydrogens (tertiary/aromatic N) is 1. The molecular formula is C8H13NSe. The molecule has 1 nitrogen and oxygen atoms in total. The van der Waals surface area contributed by atoms with Crippen molar-refractivity contribution in [1.82, 2.24) is 0 Å². The van der Waals surface area contributed by atoms with Crippen molar-refractivity contribution in [3.8, 4) is 4.97 Å². The summed E-state index contributed by atoms with van der Waals surface area (Å²) in [5, 5.41) is 9.59. The van der Waals surface area contributed by atoms with E-state index in [1.165, 1.54) is 37.4 Å². The molecule has 0 aromatic heterocycles. The molecule has 0 spiro atoms. The molecule has 10 heavy (non-hydrogen) atoms. The van der Waals surface area contributed by atoms with Crippen LogP contribution in [0.2, 0.25) is 5.32 Å². The molecule has 56 valence electrons. The van der Waals surface area contributed by atoms with Crippen molar-refractivity contribution >= 4 is 15.0 Å². The van der Waals surface area contributed by atoms with Crippen molar-refractivity contribution in [1.29, 1.82) is 5.26 Å². The summed E-state index contributed by atoms with van der Waals surface area (Å²) in [6.45, 7) is 0. The summed E-state index contributed by atoms with van der Waals surface area (Å²) in [7, 11) is 0. The summed E-state index contributed by atoms with van der Waals surface area (Å²) in [6, 6.07) is 0. The summed E-state index contributed by atoms with van der Waals surface area (Å²) in [4.78, 5) is 2.28. The van der Waals surface area contributed by atoms with Gasteiger partial charge in [-0.1, -0.05) is 0 Å². The van der Waals surface area contributed by atoms with Crippen LogP contribution in [0, 0.1) is 16.1 Å². The maximum atomic E-state index is 8.37. The second-order valence-electron chi connectivity index (χ2n) is 2.91. The third-order valence-electron chi connectivity index (χ3n) is 2.11. The van der Waals surface area contributed by atoms with Crippen LogP contribution in [-0.4, -0.2) is 15.0 Å². The SMILES string of the molecule is N#C[Se]CC1CCCCC1. The molecule has 0 atom stereocenters. The van der Waals surface area contributed by atoms with Gasteiger partial charge in [0.25, 0.3) is 0 Å². The van der Waals surface area contributed by atoms with E-state index in [1.807, 2.05) is 0 Å². The maximum absolute atomic E-state index is 8.37. The molecule has 0 aromatic carbocycles. The molecule has 0 aromatic rings. The van der Waals surface area contributed by atoms with Crippen LogP contribution in [0.1, 0.15) is 32.1 Å². The van der Waals surface area contributed by atoms with E-state index in [9.17, 15) is 0 Å². The predicted molar refractivity (Wildman–Crippen MR) is 42.7 cm³/mol.